The fourth-order valence-corrected chi connectivity index (χ4v) is 1.94. The molecule has 0 saturated carbocycles. The topological polar surface area (TPSA) is 18.5 Å². The second kappa shape index (κ2) is 10.6. The van der Waals surface area contributed by atoms with E-state index in [1.165, 1.54) is 5.56 Å². The molecule has 0 atom stereocenters. The van der Waals surface area contributed by atoms with E-state index in [2.05, 4.69) is 32.9 Å². The Kier molecular flexibility index (Phi) is 8.93. The van der Waals surface area contributed by atoms with Gasteiger partial charge in [0.1, 0.15) is 11.5 Å². The van der Waals surface area contributed by atoms with Crippen molar-refractivity contribution in [2.45, 2.75) is 58.8 Å². The zero-order valence-corrected chi connectivity index (χ0v) is 13.1. The van der Waals surface area contributed by atoms with Gasteiger partial charge in [0.15, 0.2) is 0 Å². The zero-order valence-electron chi connectivity index (χ0n) is 13.1. The standard InChI is InChI=1S/C18H29O2/c1-4-7-10-16-13-17(19-11-8-5-2)15-18(14-16)20-12-9-6-3/h13-15H,1,4-12H2,2-3H3. The normalized spacial score (nSPS) is 10.6. The third-order valence-electron chi connectivity index (χ3n) is 3.19. The van der Waals surface area contributed by atoms with Crippen LogP contribution in [-0.2, 0) is 6.42 Å². The van der Waals surface area contributed by atoms with Crippen LogP contribution in [0.15, 0.2) is 18.2 Å². The summed E-state index contributed by atoms with van der Waals surface area (Å²) in [7, 11) is 0. The predicted octanol–water partition coefficient (Wildman–Crippen LogP) is 5.20. The molecule has 113 valence electrons. The summed E-state index contributed by atoms with van der Waals surface area (Å²) in [6, 6.07) is 6.29. The second-order valence-corrected chi connectivity index (χ2v) is 5.17. The van der Waals surface area contributed by atoms with Crippen molar-refractivity contribution in [1.29, 1.82) is 0 Å². The van der Waals surface area contributed by atoms with Gasteiger partial charge in [-0.25, -0.2) is 0 Å². The Morgan fingerprint density at radius 1 is 0.850 bits per heavy atom. The van der Waals surface area contributed by atoms with Crippen molar-refractivity contribution in [3.05, 3.63) is 30.7 Å². The lowest BCUT2D eigenvalue weighted by Crippen LogP contribution is -2.01. The molecule has 20 heavy (non-hydrogen) atoms. The SMILES string of the molecule is [CH2]CCCc1cc(OCCCC)cc(OCCCC)c1. The molecule has 0 heterocycles. The minimum absolute atomic E-state index is 0.781. The van der Waals surface area contributed by atoms with Gasteiger partial charge in [-0.05, 0) is 43.4 Å². The molecule has 0 N–H and O–H groups in total. The number of rotatable bonds is 11. The third-order valence-corrected chi connectivity index (χ3v) is 3.19. The van der Waals surface area contributed by atoms with Crippen LogP contribution in [0.3, 0.4) is 0 Å². The van der Waals surface area contributed by atoms with Gasteiger partial charge in [-0.3, -0.25) is 0 Å². The number of aryl methyl sites for hydroxylation is 1. The molecule has 0 bridgehead atoms. The highest BCUT2D eigenvalue weighted by atomic mass is 16.5. The first kappa shape index (κ1) is 16.9. The summed E-state index contributed by atoms with van der Waals surface area (Å²) in [5.74, 6) is 1.87. The van der Waals surface area contributed by atoms with E-state index in [-0.39, 0.29) is 0 Å². The number of ether oxygens (including phenoxy) is 2. The fraction of sp³-hybridized carbons (Fsp3) is 0.611. The molecule has 0 aromatic heterocycles. The average Bonchev–Trinajstić information content (AvgIpc) is 2.46. The van der Waals surface area contributed by atoms with Gasteiger partial charge < -0.3 is 9.47 Å². The molecule has 0 aliphatic carbocycles. The van der Waals surface area contributed by atoms with Crippen LogP contribution in [0.5, 0.6) is 11.5 Å². The highest BCUT2D eigenvalue weighted by Gasteiger charge is 2.03. The average molecular weight is 277 g/mol. The Bertz CT molecular complexity index is 332. The molecule has 1 rings (SSSR count). The molecular weight excluding hydrogens is 248 g/mol. The first-order valence-corrected chi connectivity index (χ1v) is 7.99. The molecule has 0 aliphatic heterocycles. The van der Waals surface area contributed by atoms with Crippen LogP contribution in [0.25, 0.3) is 0 Å². The zero-order chi connectivity index (χ0) is 14.6. The summed E-state index contributed by atoms with van der Waals surface area (Å²) in [5.41, 5.74) is 1.29. The molecule has 0 saturated heterocycles. The van der Waals surface area contributed by atoms with Crippen LogP contribution < -0.4 is 9.47 Å². The quantitative estimate of drug-likeness (QED) is 0.517. The molecule has 0 fully saturated rings. The van der Waals surface area contributed by atoms with E-state index in [0.717, 1.165) is 69.7 Å². The minimum Gasteiger partial charge on any atom is -0.493 e. The first-order chi connectivity index (χ1) is 9.80. The van der Waals surface area contributed by atoms with Crippen molar-refractivity contribution < 1.29 is 9.47 Å². The molecule has 1 radical (unpaired) electrons. The number of benzene rings is 1. The molecule has 0 spiro atoms. The van der Waals surface area contributed by atoms with E-state index in [4.69, 9.17) is 9.47 Å². The monoisotopic (exact) mass is 277 g/mol. The highest BCUT2D eigenvalue weighted by molar-refractivity contribution is 5.38. The fourth-order valence-electron chi connectivity index (χ4n) is 1.94. The van der Waals surface area contributed by atoms with Gasteiger partial charge in [0.05, 0.1) is 13.2 Å². The van der Waals surface area contributed by atoms with Gasteiger partial charge >= 0.3 is 0 Å². The summed E-state index contributed by atoms with van der Waals surface area (Å²) in [6.07, 6.45) is 7.60. The van der Waals surface area contributed by atoms with Crippen LogP contribution in [0, 0.1) is 6.92 Å². The summed E-state index contributed by atoms with van der Waals surface area (Å²) in [6.45, 7) is 9.82. The molecule has 0 unspecified atom stereocenters. The molecule has 2 nitrogen and oxygen atoms in total. The van der Waals surface area contributed by atoms with Crippen LogP contribution in [0.2, 0.25) is 0 Å². The van der Waals surface area contributed by atoms with Crippen molar-refractivity contribution >= 4 is 0 Å². The number of unbranched alkanes of at least 4 members (excludes halogenated alkanes) is 3. The predicted molar refractivity (Wildman–Crippen MR) is 85.5 cm³/mol. The lowest BCUT2D eigenvalue weighted by molar-refractivity contribution is 0.293. The van der Waals surface area contributed by atoms with E-state index in [0.29, 0.717) is 0 Å². The summed E-state index contributed by atoms with van der Waals surface area (Å²) in [4.78, 5) is 0. The molecule has 1 aromatic rings. The third kappa shape index (κ3) is 6.83. The lowest BCUT2D eigenvalue weighted by Gasteiger charge is -2.12. The summed E-state index contributed by atoms with van der Waals surface area (Å²) >= 11 is 0. The maximum Gasteiger partial charge on any atom is 0.123 e. The van der Waals surface area contributed by atoms with Gasteiger partial charge in [-0.15, -0.1) is 0 Å². The Labute approximate surface area is 124 Å². The van der Waals surface area contributed by atoms with E-state index >= 15 is 0 Å². The van der Waals surface area contributed by atoms with Crippen LogP contribution in [-0.4, -0.2) is 13.2 Å². The summed E-state index contributed by atoms with van der Waals surface area (Å²) in [5, 5.41) is 0. The van der Waals surface area contributed by atoms with Gasteiger partial charge in [-0.1, -0.05) is 40.0 Å². The van der Waals surface area contributed by atoms with Crippen molar-refractivity contribution in [3.63, 3.8) is 0 Å². The Morgan fingerprint density at radius 2 is 1.40 bits per heavy atom. The van der Waals surface area contributed by atoms with E-state index in [1.807, 2.05) is 6.07 Å². The van der Waals surface area contributed by atoms with Gasteiger partial charge in [-0.2, -0.15) is 0 Å². The Hall–Kier alpha value is -1.18. The first-order valence-electron chi connectivity index (χ1n) is 7.99. The molecule has 0 aliphatic rings. The summed E-state index contributed by atoms with van der Waals surface area (Å²) < 4.78 is 11.6. The maximum absolute atomic E-state index is 5.82. The van der Waals surface area contributed by atoms with E-state index < -0.39 is 0 Å². The molecule has 0 amide bonds. The Balaban J connectivity index is 2.67. The smallest absolute Gasteiger partial charge is 0.123 e. The highest BCUT2D eigenvalue weighted by Crippen LogP contribution is 2.24. The van der Waals surface area contributed by atoms with Crippen molar-refractivity contribution in [2.75, 3.05) is 13.2 Å². The van der Waals surface area contributed by atoms with Crippen LogP contribution >= 0.6 is 0 Å². The van der Waals surface area contributed by atoms with Gasteiger partial charge in [0.2, 0.25) is 0 Å². The van der Waals surface area contributed by atoms with Gasteiger partial charge in [0, 0.05) is 6.07 Å². The van der Waals surface area contributed by atoms with E-state index in [1.54, 1.807) is 0 Å². The van der Waals surface area contributed by atoms with Crippen molar-refractivity contribution in [1.82, 2.24) is 0 Å². The van der Waals surface area contributed by atoms with Crippen molar-refractivity contribution in [3.8, 4) is 11.5 Å². The lowest BCUT2D eigenvalue weighted by atomic mass is 10.1. The number of hydrogen-bond donors (Lipinski definition) is 0. The van der Waals surface area contributed by atoms with Crippen molar-refractivity contribution in [2.24, 2.45) is 0 Å². The Morgan fingerprint density at radius 3 is 1.85 bits per heavy atom. The maximum atomic E-state index is 5.82. The van der Waals surface area contributed by atoms with Crippen LogP contribution in [0.1, 0.15) is 57.9 Å². The largest absolute Gasteiger partial charge is 0.493 e. The molecule has 2 heteroatoms. The van der Waals surface area contributed by atoms with E-state index in [9.17, 15) is 0 Å². The second-order valence-electron chi connectivity index (χ2n) is 5.17. The minimum atomic E-state index is 0.781. The molecular formula is C18H29O2. The molecule has 1 aromatic carbocycles. The number of hydrogen-bond acceptors (Lipinski definition) is 2. The van der Waals surface area contributed by atoms with Gasteiger partial charge in [0.25, 0.3) is 0 Å². The van der Waals surface area contributed by atoms with Crippen LogP contribution in [0.4, 0.5) is 0 Å².